The molecule has 3 heteroatoms. The van der Waals surface area contributed by atoms with Crippen LogP contribution in [0.2, 0.25) is 0 Å². The molecule has 0 atom stereocenters. The second kappa shape index (κ2) is 10.2. The van der Waals surface area contributed by atoms with Crippen molar-refractivity contribution in [3.63, 3.8) is 0 Å². The summed E-state index contributed by atoms with van der Waals surface area (Å²) in [6, 6.07) is 0. The Hall–Kier alpha value is -0.570. The summed E-state index contributed by atoms with van der Waals surface area (Å²) in [6.45, 7) is 11.6. The predicted molar refractivity (Wildman–Crippen MR) is 81.3 cm³/mol. The Labute approximate surface area is 119 Å². The van der Waals surface area contributed by atoms with Gasteiger partial charge in [-0.25, -0.2) is 0 Å². The number of carbonyl (C=O) groups excluding carboxylic acids is 1. The number of esters is 1. The topological polar surface area (TPSA) is 38.3 Å². The molecule has 0 bridgehead atoms. The summed E-state index contributed by atoms with van der Waals surface area (Å²) in [5, 5.41) is 3.57. The molecule has 0 aromatic carbocycles. The average Bonchev–Trinajstić information content (AvgIpc) is 2.31. The maximum absolute atomic E-state index is 11.3. The molecule has 0 saturated heterocycles. The number of hydrogen-bond donors (Lipinski definition) is 1. The maximum Gasteiger partial charge on any atom is 0.306 e. The van der Waals surface area contributed by atoms with Crippen molar-refractivity contribution in [2.45, 2.75) is 91.2 Å². The molecule has 114 valence electrons. The lowest BCUT2D eigenvalue weighted by Gasteiger charge is -2.24. The van der Waals surface area contributed by atoms with Crippen molar-refractivity contribution in [1.82, 2.24) is 5.32 Å². The first kappa shape index (κ1) is 18.4. The molecule has 0 rings (SSSR count). The third-order valence-electron chi connectivity index (χ3n) is 3.41. The van der Waals surface area contributed by atoms with Gasteiger partial charge in [0, 0.05) is 12.0 Å². The van der Waals surface area contributed by atoms with E-state index < -0.39 is 0 Å². The lowest BCUT2D eigenvalue weighted by molar-refractivity contribution is -0.147. The van der Waals surface area contributed by atoms with Crippen LogP contribution in [0.4, 0.5) is 0 Å². The minimum Gasteiger partial charge on any atom is -0.463 e. The molecule has 0 spiro atoms. The fraction of sp³-hybridized carbons (Fsp3) is 0.938. The van der Waals surface area contributed by atoms with Crippen LogP contribution in [-0.2, 0) is 9.53 Å². The lowest BCUT2D eigenvalue weighted by Crippen LogP contribution is -2.38. The van der Waals surface area contributed by atoms with Gasteiger partial charge < -0.3 is 10.1 Å². The number of nitrogens with one attached hydrogen (secondary N) is 1. The van der Waals surface area contributed by atoms with Gasteiger partial charge >= 0.3 is 5.97 Å². The highest BCUT2D eigenvalue weighted by atomic mass is 16.5. The molecule has 0 heterocycles. The van der Waals surface area contributed by atoms with Crippen LogP contribution < -0.4 is 5.32 Å². The summed E-state index contributed by atoms with van der Waals surface area (Å²) in [5.74, 6) is -0.0543. The third-order valence-corrected chi connectivity index (χ3v) is 3.41. The summed E-state index contributed by atoms with van der Waals surface area (Å²) in [6.07, 6.45) is 7.50. The summed E-state index contributed by atoms with van der Waals surface area (Å²) < 4.78 is 5.10. The van der Waals surface area contributed by atoms with E-state index in [9.17, 15) is 4.79 Å². The van der Waals surface area contributed by atoms with Gasteiger partial charge in [-0.1, -0.05) is 26.2 Å². The van der Waals surface area contributed by atoms with Crippen LogP contribution >= 0.6 is 0 Å². The molecular formula is C16H33NO2. The molecule has 0 aliphatic heterocycles. The zero-order valence-corrected chi connectivity index (χ0v) is 13.6. The highest BCUT2D eigenvalue weighted by Crippen LogP contribution is 2.09. The van der Waals surface area contributed by atoms with E-state index in [0.29, 0.717) is 6.42 Å². The molecular weight excluding hydrogens is 238 g/mol. The van der Waals surface area contributed by atoms with Crippen molar-refractivity contribution in [3.8, 4) is 0 Å². The zero-order valence-electron chi connectivity index (χ0n) is 13.6. The van der Waals surface area contributed by atoms with Gasteiger partial charge in [0.05, 0.1) is 6.10 Å². The van der Waals surface area contributed by atoms with E-state index in [4.69, 9.17) is 4.74 Å². The SMILES string of the molecule is CCC(C)(C)NCCCCCCCC(=O)OC(C)C. The number of rotatable bonds is 11. The molecule has 0 fully saturated rings. The number of hydrogen-bond acceptors (Lipinski definition) is 3. The molecule has 19 heavy (non-hydrogen) atoms. The van der Waals surface area contributed by atoms with E-state index in [1.165, 1.54) is 19.3 Å². The molecule has 0 aliphatic carbocycles. The summed E-state index contributed by atoms with van der Waals surface area (Å²) >= 11 is 0. The van der Waals surface area contributed by atoms with E-state index in [1.807, 2.05) is 13.8 Å². The van der Waals surface area contributed by atoms with Gasteiger partial charge in [0.1, 0.15) is 0 Å². The minimum absolute atomic E-state index is 0.0143. The van der Waals surface area contributed by atoms with Crippen LogP contribution in [0.25, 0.3) is 0 Å². The molecule has 0 unspecified atom stereocenters. The highest BCUT2D eigenvalue weighted by molar-refractivity contribution is 5.69. The van der Waals surface area contributed by atoms with Crippen LogP contribution in [0.5, 0.6) is 0 Å². The fourth-order valence-corrected chi connectivity index (χ4v) is 1.80. The Morgan fingerprint density at radius 1 is 1.11 bits per heavy atom. The Balaban J connectivity index is 3.30. The predicted octanol–water partition coefficient (Wildman–Crippen LogP) is 4.06. The molecule has 3 nitrogen and oxygen atoms in total. The van der Waals surface area contributed by atoms with Crippen molar-refractivity contribution in [3.05, 3.63) is 0 Å². The second-order valence-corrected chi connectivity index (χ2v) is 6.22. The second-order valence-electron chi connectivity index (χ2n) is 6.22. The van der Waals surface area contributed by atoms with E-state index >= 15 is 0 Å². The molecule has 0 aliphatic rings. The van der Waals surface area contributed by atoms with Gasteiger partial charge in [0.2, 0.25) is 0 Å². The Morgan fingerprint density at radius 3 is 2.26 bits per heavy atom. The van der Waals surface area contributed by atoms with Crippen LogP contribution in [0.3, 0.4) is 0 Å². The van der Waals surface area contributed by atoms with Crippen molar-refractivity contribution in [1.29, 1.82) is 0 Å². The Morgan fingerprint density at radius 2 is 1.68 bits per heavy atom. The number of carbonyl (C=O) groups is 1. The lowest BCUT2D eigenvalue weighted by atomic mass is 10.0. The smallest absolute Gasteiger partial charge is 0.306 e. The largest absolute Gasteiger partial charge is 0.463 e. The minimum atomic E-state index is -0.0543. The van der Waals surface area contributed by atoms with Crippen molar-refractivity contribution in [2.75, 3.05) is 6.54 Å². The monoisotopic (exact) mass is 271 g/mol. The Kier molecular flexibility index (Phi) is 9.94. The molecule has 0 saturated carbocycles. The molecule has 0 aromatic heterocycles. The van der Waals surface area contributed by atoms with Crippen molar-refractivity contribution >= 4 is 5.97 Å². The van der Waals surface area contributed by atoms with Crippen LogP contribution in [-0.4, -0.2) is 24.2 Å². The average molecular weight is 271 g/mol. The van der Waals surface area contributed by atoms with Gasteiger partial charge in [0.25, 0.3) is 0 Å². The van der Waals surface area contributed by atoms with E-state index in [-0.39, 0.29) is 17.6 Å². The maximum atomic E-state index is 11.3. The summed E-state index contributed by atoms with van der Waals surface area (Å²) in [7, 11) is 0. The van der Waals surface area contributed by atoms with E-state index in [2.05, 4.69) is 26.1 Å². The summed E-state index contributed by atoms with van der Waals surface area (Å²) in [5.41, 5.74) is 0.264. The van der Waals surface area contributed by atoms with Crippen LogP contribution in [0, 0.1) is 0 Å². The summed E-state index contributed by atoms with van der Waals surface area (Å²) in [4.78, 5) is 11.3. The number of ether oxygens (including phenoxy) is 1. The fourth-order valence-electron chi connectivity index (χ4n) is 1.80. The highest BCUT2D eigenvalue weighted by Gasteiger charge is 2.12. The van der Waals surface area contributed by atoms with Crippen LogP contribution in [0.15, 0.2) is 0 Å². The third kappa shape index (κ3) is 12.2. The number of unbranched alkanes of at least 4 members (excludes halogenated alkanes) is 4. The van der Waals surface area contributed by atoms with Gasteiger partial charge in [-0.05, 0) is 53.5 Å². The first-order chi connectivity index (χ1) is 8.87. The molecule has 0 radical (unpaired) electrons. The first-order valence-electron chi connectivity index (χ1n) is 7.82. The van der Waals surface area contributed by atoms with E-state index in [1.54, 1.807) is 0 Å². The van der Waals surface area contributed by atoms with Gasteiger partial charge in [-0.2, -0.15) is 0 Å². The first-order valence-corrected chi connectivity index (χ1v) is 7.82. The standard InChI is InChI=1S/C16H33NO2/c1-6-16(4,5)17-13-11-9-7-8-10-12-15(18)19-14(2)3/h14,17H,6-13H2,1-5H3. The molecule has 0 amide bonds. The van der Waals surface area contributed by atoms with Crippen molar-refractivity contribution in [2.24, 2.45) is 0 Å². The Bertz CT molecular complexity index is 237. The van der Waals surface area contributed by atoms with E-state index in [0.717, 1.165) is 25.8 Å². The van der Waals surface area contributed by atoms with Crippen molar-refractivity contribution < 1.29 is 9.53 Å². The molecule has 0 aromatic rings. The molecule has 1 N–H and O–H groups in total. The van der Waals surface area contributed by atoms with Gasteiger partial charge in [-0.3, -0.25) is 4.79 Å². The van der Waals surface area contributed by atoms with Gasteiger partial charge in [-0.15, -0.1) is 0 Å². The normalized spacial score (nSPS) is 11.9. The van der Waals surface area contributed by atoms with Crippen LogP contribution in [0.1, 0.15) is 79.6 Å². The quantitative estimate of drug-likeness (QED) is 0.455. The van der Waals surface area contributed by atoms with Gasteiger partial charge in [0.15, 0.2) is 0 Å². The zero-order chi connectivity index (χ0) is 14.7.